The van der Waals surface area contributed by atoms with Crippen LogP contribution in [-0.2, 0) is 31.9 Å². The van der Waals surface area contributed by atoms with Crippen molar-refractivity contribution in [2.75, 3.05) is 0 Å². The third-order valence-electron chi connectivity index (χ3n) is 8.79. The summed E-state index contributed by atoms with van der Waals surface area (Å²) in [5.41, 5.74) is 13.0. The van der Waals surface area contributed by atoms with Gasteiger partial charge in [0, 0.05) is 38.4 Å². The average molecular weight is 827 g/mol. The summed E-state index contributed by atoms with van der Waals surface area (Å²) in [4.78, 5) is 9.24. The van der Waals surface area contributed by atoms with Crippen molar-refractivity contribution in [3.05, 3.63) is 204 Å². The number of rotatable bonds is 7. The summed E-state index contributed by atoms with van der Waals surface area (Å²) in [5, 5.41) is 0. The molecule has 2 heterocycles. The predicted molar refractivity (Wildman–Crippen MR) is 204 cm³/mol. The van der Waals surface area contributed by atoms with Crippen LogP contribution in [0.4, 0.5) is 0 Å². The molecule has 0 aliphatic heterocycles. The van der Waals surface area contributed by atoms with Crippen molar-refractivity contribution >= 4 is 0 Å². The van der Waals surface area contributed by atoms with Gasteiger partial charge in [0.05, 0.1) is 0 Å². The quantitative estimate of drug-likeness (QED) is 0.150. The Kier molecular flexibility index (Phi) is 12.4. The SMILES string of the molecule is CC(C)(C)c1cc[c-]c(-c2cc(Cc3ccccc3)ccn2)c1.CC(c1ccccc1)c1ccc(-c2[c-]ccc(-c3ccccc3)c2)nc1.[Ir]. The van der Waals surface area contributed by atoms with E-state index in [2.05, 4.69) is 172 Å². The molecular weight excluding hydrogens is 785 g/mol. The molecule has 2 aromatic heterocycles. The Balaban J connectivity index is 0.000000192. The first-order valence-electron chi connectivity index (χ1n) is 16.9. The second kappa shape index (κ2) is 17.1. The molecule has 251 valence electrons. The van der Waals surface area contributed by atoms with E-state index in [1.807, 2.05) is 36.7 Å². The van der Waals surface area contributed by atoms with Gasteiger partial charge in [-0.15, -0.1) is 70.8 Å². The Morgan fingerprint density at radius 2 is 1.20 bits per heavy atom. The number of pyridine rings is 2. The molecule has 7 rings (SSSR count). The van der Waals surface area contributed by atoms with E-state index in [0.717, 1.165) is 28.9 Å². The van der Waals surface area contributed by atoms with Gasteiger partial charge in [0.25, 0.3) is 0 Å². The number of benzene rings is 5. The Labute approximate surface area is 311 Å². The van der Waals surface area contributed by atoms with Crippen molar-refractivity contribution in [1.82, 2.24) is 9.97 Å². The van der Waals surface area contributed by atoms with Gasteiger partial charge in [-0.2, -0.15) is 0 Å². The molecule has 1 atom stereocenters. The number of aromatic nitrogens is 2. The van der Waals surface area contributed by atoms with Gasteiger partial charge in [0.1, 0.15) is 0 Å². The number of hydrogen-bond acceptors (Lipinski definition) is 2. The minimum absolute atomic E-state index is 0. The summed E-state index contributed by atoms with van der Waals surface area (Å²) in [6.07, 6.45) is 4.80. The third-order valence-corrected chi connectivity index (χ3v) is 8.79. The van der Waals surface area contributed by atoms with Crippen LogP contribution in [0.3, 0.4) is 0 Å². The van der Waals surface area contributed by atoms with Crippen molar-refractivity contribution in [3.8, 4) is 33.6 Å². The summed E-state index contributed by atoms with van der Waals surface area (Å²) >= 11 is 0. The molecule has 0 aliphatic carbocycles. The van der Waals surface area contributed by atoms with E-state index < -0.39 is 0 Å². The number of hydrogen-bond donors (Lipinski definition) is 0. The largest absolute Gasteiger partial charge is 0.305 e. The molecule has 1 unspecified atom stereocenters. The van der Waals surface area contributed by atoms with Crippen LogP contribution in [0, 0.1) is 12.1 Å². The molecule has 50 heavy (non-hydrogen) atoms. The summed E-state index contributed by atoms with van der Waals surface area (Å²) < 4.78 is 0. The minimum Gasteiger partial charge on any atom is -0.305 e. The summed E-state index contributed by atoms with van der Waals surface area (Å²) in [6.45, 7) is 8.90. The van der Waals surface area contributed by atoms with E-state index in [-0.39, 0.29) is 25.5 Å². The molecule has 0 spiro atoms. The van der Waals surface area contributed by atoms with Crippen LogP contribution in [0.5, 0.6) is 0 Å². The van der Waals surface area contributed by atoms with Crippen LogP contribution in [0.25, 0.3) is 33.6 Å². The zero-order valence-electron chi connectivity index (χ0n) is 29.1. The van der Waals surface area contributed by atoms with Crippen LogP contribution in [0.15, 0.2) is 164 Å². The molecule has 5 aromatic carbocycles. The molecule has 0 aliphatic rings. The number of nitrogens with zero attached hydrogens (tertiary/aromatic N) is 2. The van der Waals surface area contributed by atoms with E-state index in [0.29, 0.717) is 5.92 Å². The Bertz CT molecular complexity index is 2070. The molecule has 2 nitrogen and oxygen atoms in total. The fourth-order valence-electron chi connectivity index (χ4n) is 5.82. The van der Waals surface area contributed by atoms with Crippen LogP contribution in [0.1, 0.15) is 61.4 Å². The fraction of sp³-hybridized carbons (Fsp3) is 0.149. The molecule has 0 N–H and O–H groups in total. The summed E-state index contributed by atoms with van der Waals surface area (Å²) in [6, 6.07) is 59.2. The topological polar surface area (TPSA) is 25.8 Å². The fourth-order valence-corrected chi connectivity index (χ4v) is 5.82. The molecule has 0 bridgehead atoms. The van der Waals surface area contributed by atoms with Crippen molar-refractivity contribution in [2.45, 2.75) is 45.4 Å². The summed E-state index contributed by atoms with van der Waals surface area (Å²) in [5.74, 6) is 0.331. The zero-order valence-corrected chi connectivity index (χ0v) is 31.5. The average Bonchev–Trinajstić information content (AvgIpc) is 3.16. The van der Waals surface area contributed by atoms with Gasteiger partial charge >= 0.3 is 0 Å². The van der Waals surface area contributed by atoms with Crippen molar-refractivity contribution in [3.63, 3.8) is 0 Å². The van der Waals surface area contributed by atoms with Gasteiger partial charge in [0.15, 0.2) is 0 Å². The van der Waals surface area contributed by atoms with Gasteiger partial charge in [-0.1, -0.05) is 137 Å². The summed E-state index contributed by atoms with van der Waals surface area (Å²) in [7, 11) is 0. The first-order chi connectivity index (χ1) is 23.8. The van der Waals surface area contributed by atoms with E-state index in [1.54, 1.807) is 0 Å². The standard InChI is InChI=1S/C25H20N.C22H22N.Ir/c1-19(20-9-4-2-5-10-20)24-15-16-25(26-18-24)23-14-8-13-22(17-23)21-11-6-3-7-12-21;1-22(2,3)20-11-7-10-19(16-20)21-15-18(12-13-23-21)14-17-8-5-4-6-9-17;/h2-13,15-19H,1H3;4-9,11-13,15-16H,14H2,1-3H3;/q2*-1;. The van der Waals surface area contributed by atoms with Crippen LogP contribution in [-0.4, -0.2) is 9.97 Å². The first kappa shape index (κ1) is 36.3. The van der Waals surface area contributed by atoms with Gasteiger partial charge in [-0.3, -0.25) is 0 Å². The predicted octanol–water partition coefficient (Wildman–Crippen LogP) is 11.8. The van der Waals surface area contributed by atoms with Gasteiger partial charge in [-0.25, -0.2) is 0 Å². The Morgan fingerprint density at radius 1 is 0.560 bits per heavy atom. The van der Waals surface area contributed by atoms with Crippen molar-refractivity contribution in [2.24, 2.45) is 0 Å². The second-order valence-corrected chi connectivity index (χ2v) is 13.4. The maximum absolute atomic E-state index is 4.70. The molecule has 0 saturated carbocycles. The molecule has 3 heteroatoms. The Morgan fingerprint density at radius 3 is 1.86 bits per heavy atom. The van der Waals surface area contributed by atoms with Crippen LogP contribution in [0.2, 0.25) is 0 Å². The van der Waals surface area contributed by atoms with Gasteiger partial charge in [-0.05, 0) is 57.1 Å². The molecule has 0 saturated heterocycles. The first-order valence-corrected chi connectivity index (χ1v) is 16.9. The molecule has 0 amide bonds. The molecule has 0 fully saturated rings. The molecule has 7 aromatic rings. The minimum atomic E-state index is 0. The third kappa shape index (κ3) is 9.60. The van der Waals surface area contributed by atoms with Crippen molar-refractivity contribution < 1.29 is 20.1 Å². The van der Waals surface area contributed by atoms with Crippen LogP contribution < -0.4 is 0 Å². The van der Waals surface area contributed by atoms with E-state index in [9.17, 15) is 0 Å². The van der Waals surface area contributed by atoms with Gasteiger partial charge in [0.2, 0.25) is 0 Å². The Hall–Kier alpha value is -4.95. The molecular formula is C47H42IrN2-2. The monoisotopic (exact) mass is 827 g/mol. The normalized spacial score (nSPS) is 11.4. The van der Waals surface area contributed by atoms with Crippen molar-refractivity contribution in [1.29, 1.82) is 0 Å². The second-order valence-electron chi connectivity index (χ2n) is 13.4. The van der Waals surface area contributed by atoms with E-state index in [1.165, 1.54) is 38.9 Å². The van der Waals surface area contributed by atoms with E-state index >= 15 is 0 Å². The van der Waals surface area contributed by atoms with E-state index in [4.69, 9.17) is 4.98 Å². The smallest absolute Gasteiger partial charge is 0.0198 e. The maximum Gasteiger partial charge on any atom is 0.0198 e. The van der Waals surface area contributed by atoms with Crippen LogP contribution >= 0.6 is 0 Å². The zero-order chi connectivity index (χ0) is 34.1. The van der Waals surface area contributed by atoms with Gasteiger partial charge < -0.3 is 9.97 Å². The maximum atomic E-state index is 4.70. The molecule has 1 radical (unpaired) electrons.